The van der Waals surface area contributed by atoms with Crippen molar-refractivity contribution in [3.8, 4) is 0 Å². The van der Waals surface area contributed by atoms with Crippen LogP contribution in [0.4, 0.5) is 0 Å². The van der Waals surface area contributed by atoms with Crippen LogP contribution in [-0.4, -0.2) is 35.1 Å². The Morgan fingerprint density at radius 2 is 2.38 bits per heavy atom. The minimum absolute atomic E-state index is 0.0443. The van der Waals surface area contributed by atoms with Gasteiger partial charge in [-0.15, -0.1) is 0 Å². The number of hydrogen-bond acceptors (Lipinski definition) is 4. The SMILES string of the molecule is O=c1[nH]c(CNC2CCN(C3CC3)C2)cs1. The number of nitrogens with zero attached hydrogens (tertiary/aromatic N) is 1. The highest BCUT2D eigenvalue weighted by molar-refractivity contribution is 7.07. The molecule has 3 rings (SSSR count). The minimum atomic E-state index is 0.0443. The maximum absolute atomic E-state index is 11.0. The van der Waals surface area contributed by atoms with Gasteiger partial charge in [-0.25, -0.2) is 0 Å². The van der Waals surface area contributed by atoms with Crippen molar-refractivity contribution in [1.82, 2.24) is 15.2 Å². The smallest absolute Gasteiger partial charge is 0.304 e. The predicted octanol–water partition coefficient (Wildman–Crippen LogP) is 0.763. The summed E-state index contributed by atoms with van der Waals surface area (Å²) in [7, 11) is 0. The lowest BCUT2D eigenvalue weighted by molar-refractivity contribution is 0.317. The Kier molecular flexibility index (Phi) is 2.83. The molecule has 16 heavy (non-hydrogen) atoms. The lowest BCUT2D eigenvalue weighted by Gasteiger charge is -2.15. The summed E-state index contributed by atoms with van der Waals surface area (Å²) in [5.74, 6) is 0. The summed E-state index contributed by atoms with van der Waals surface area (Å²) in [5, 5.41) is 5.42. The van der Waals surface area contributed by atoms with Gasteiger partial charge in [-0.1, -0.05) is 11.3 Å². The van der Waals surface area contributed by atoms with Crippen molar-refractivity contribution in [2.45, 2.75) is 37.9 Å². The van der Waals surface area contributed by atoms with Gasteiger partial charge in [0, 0.05) is 42.8 Å². The molecule has 1 unspecified atom stereocenters. The van der Waals surface area contributed by atoms with Crippen molar-refractivity contribution in [2.24, 2.45) is 0 Å². The van der Waals surface area contributed by atoms with E-state index in [4.69, 9.17) is 0 Å². The van der Waals surface area contributed by atoms with Gasteiger partial charge < -0.3 is 10.3 Å². The van der Waals surface area contributed by atoms with Gasteiger partial charge in [-0.3, -0.25) is 9.69 Å². The third kappa shape index (κ3) is 2.36. The first kappa shape index (κ1) is 10.5. The second-order valence-electron chi connectivity index (χ2n) is 4.77. The van der Waals surface area contributed by atoms with Gasteiger partial charge in [-0.05, 0) is 19.3 Å². The second kappa shape index (κ2) is 4.31. The summed E-state index contributed by atoms with van der Waals surface area (Å²) >= 11 is 1.24. The number of H-pyrrole nitrogens is 1. The summed E-state index contributed by atoms with van der Waals surface area (Å²) in [6.07, 6.45) is 4.03. The van der Waals surface area contributed by atoms with Crippen LogP contribution in [0.2, 0.25) is 0 Å². The van der Waals surface area contributed by atoms with Gasteiger partial charge in [0.2, 0.25) is 0 Å². The number of nitrogens with one attached hydrogen (secondary N) is 2. The second-order valence-corrected chi connectivity index (χ2v) is 5.61. The van der Waals surface area contributed by atoms with Crippen molar-refractivity contribution in [2.75, 3.05) is 13.1 Å². The van der Waals surface area contributed by atoms with E-state index >= 15 is 0 Å². The van der Waals surface area contributed by atoms with Crippen molar-refractivity contribution in [3.05, 3.63) is 20.7 Å². The maximum atomic E-state index is 11.0. The molecule has 1 aromatic rings. The molecule has 1 aliphatic heterocycles. The lowest BCUT2D eigenvalue weighted by atomic mass is 10.2. The molecule has 2 fully saturated rings. The van der Waals surface area contributed by atoms with Crippen molar-refractivity contribution >= 4 is 11.3 Å². The van der Waals surface area contributed by atoms with E-state index in [1.165, 1.54) is 43.7 Å². The predicted molar refractivity (Wildman–Crippen MR) is 64.8 cm³/mol. The number of rotatable bonds is 4. The maximum Gasteiger partial charge on any atom is 0.304 e. The summed E-state index contributed by atoms with van der Waals surface area (Å²) in [6, 6.07) is 1.48. The standard InChI is InChI=1S/C11H17N3OS/c15-11-13-9(7-16-11)5-12-8-3-4-14(6-8)10-1-2-10/h7-8,10,12H,1-6H2,(H,13,15). The quantitative estimate of drug-likeness (QED) is 0.815. The molecule has 1 saturated heterocycles. The topological polar surface area (TPSA) is 48.1 Å². The van der Waals surface area contributed by atoms with Crippen molar-refractivity contribution in [1.29, 1.82) is 0 Å². The highest BCUT2D eigenvalue weighted by Gasteiger charge is 2.33. The van der Waals surface area contributed by atoms with E-state index in [0.29, 0.717) is 6.04 Å². The molecule has 0 spiro atoms. The van der Waals surface area contributed by atoms with Gasteiger partial charge >= 0.3 is 4.87 Å². The zero-order chi connectivity index (χ0) is 11.0. The number of likely N-dealkylation sites (tertiary alicyclic amines) is 1. The third-order valence-corrected chi connectivity index (χ3v) is 4.15. The summed E-state index contributed by atoms with van der Waals surface area (Å²) in [5.41, 5.74) is 1.01. The Morgan fingerprint density at radius 3 is 3.06 bits per heavy atom. The van der Waals surface area contributed by atoms with Gasteiger partial charge in [0.25, 0.3) is 0 Å². The molecule has 1 atom stereocenters. The van der Waals surface area contributed by atoms with E-state index in [2.05, 4.69) is 15.2 Å². The minimum Gasteiger partial charge on any atom is -0.315 e. The third-order valence-electron chi connectivity index (χ3n) is 3.43. The number of aromatic nitrogens is 1. The first-order valence-corrected chi connectivity index (χ1v) is 6.83. The molecule has 0 amide bonds. The molecular formula is C11H17N3OS. The van der Waals surface area contributed by atoms with E-state index < -0.39 is 0 Å². The molecule has 4 nitrogen and oxygen atoms in total. The average molecular weight is 239 g/mol. The largest absolute Gasteiger partial charge is 0.315 e. The zero-order valence-corrected chi connectivity index (χ0v) is 10.1. The van der Waals surface area contributed by atoms with Crippen molar-refractivity contribution < 1.29 is 0 Å². The molecule has 2 heterocycles. The van der Waals surface area contributed by atoms with Crippen LogP contribution in [0.25, 0.3) is 0 Å². The van der Waals surface area contributed by atoms with E-state index in [1.807, 2.05) is 5.38 Å². The van der Waals surface area contributed by atoms with Gasteiger partial charge in [0.05, 0.1) is 0 Å². The van der Waals surface area contributed by atoms with Crippen LogP contribution < -0.4 is 10.2 Å². The number of aromatic amines is 1. The van der Waals surface area contributed by atoms with Crippen molar-refractivity contribution in [3.63, 3.8) is 0 Å². The van der Waals surface area contributed by atoms with Crippen LogP contribution >= 0.6 is 11.3 Å². The molecule has 1 aliphatic carbocycles. The van der Waals surface area contributed by atoms with Gasteiger partial charge in [-0.2, -0.15) is 0 Å². The first-order chi connectivity index (χ1) is 7.81. The van der Waals surface area contributed by atoms with E-state index in [0.717, 1.165) is 18.3 Å². The zero-order valence-electron chi connectivity index (χ0n) is 9.24. The van der Waals surface area contributed by atoms with E-state index in [9.17, 15) is 4.79 Å². The van der Waals surface area contributed by atoms with Gasteiger partial charge in [0.15, 0.2) is 0 Å². The molecule has 1 saturated carbocycles. The highest BCUT2D eigenvalue weighted by atomic mass is 32.1. The molecule has 0 bridgehead atoms. The number of hydrogen-bond donors (Lipinski definition) is 2. The molecule has 2 aliphatic rings. The van der Waals surface area contributed by atoms with Crippen LogP contribution in [0.3, 0.4) is 0 Å². The molecule has 5 heteroatoms. The summed E-state index contributed by atoms with van der Waals surface area (Å²) in [6.45, 7) is 3.21. The Hall–Kier alpha value is -0.650. The summed E-state index contributed by atoms with van der Waals surface area (Å²) in [4.78, 5) is 16.4. The average Bonchev–Trinajstić information content (AvgIpc) is 2.87. The molecule has 0 radical (unpaired) electrons. The molecule has 88 valence electrons. The van der Waals surface area contributed by atoms with E-state index in [-0.39, 0.29) is 4.87 Å². The van der Waals surface area contributed by atoms with Crippen LogP contribution in [0.1, 0.15) is 25.0 Å². The fraction of sp³-hybridized carbons (Fsp3) is 0.727. The summed E-state index contributed by atoms with van der Waals surface area (Å²) < 4.78 is 0. The lowest BCUT2D eigenvalue weighted by Crippen LogP contribution is -2.33. The first-order valence-electron chi connectivity index (χ1n) is 5.95. The Bertz CT molecular complexity index is 409. The monoisotopic (exact) mass is 239 g/mol. The van der Waals surface area contributed by atoms with Crippen LogP contribution in [0, 0.1) is 0 Å². The fourth-order valence-corrected chi connectivity index (χ4v) is 2.96. The molecular weight excluding hydrogens is 222 g/mol. The highest BCUT2D eigenvalue weighted by Crippen LogP contribution is 2.29. The van der Waals surface area contributed by atoms with E-state index in [1.54, 1.807) is 0 Å². The van der Waals surface area contributed by atoms with Crippen LogP contribution in [-0.2, 0) is 6.54 Å². The van der Waals surface area contributed by atoms with Crippen LogP contribution in [0.15, 0.2) is 10.2 Å². The molecule has 0 aromatic carbocycles. The normalized spacial score (nSPS) is 26.4. The molecule has 1 aromatic heterocycles. The fourth-order valence-electron chi connectivity index (χ4n) is 2.38. The van der Waals surface area contributed by atoms with Crippen LogP contribution in [0.5, 0.6) is 0 Å². The Morgan fingerprint density at radius 1 is 1.50 bits per heavy atom. The Labute approximate surface area is 98.7 Å². The molecule has 2 N–H and O–H groups in total. The Balaban J connectivity index is 1.47. The number of thiazole rings is 1. The van der Waals surface area contributed by atoms with Gasteiger partial charge in [0.1, 0.15) is 0 Å².